The van der Waals surface area contributed by atoms with Crippen LogP contribution in [0.2, 0.25) is 0 Å². The number of fused-ring (bicyclic) bond motifs is 3. The van der Waals surface area contributed by atoms with Gasteiger partial charge in [0.1, 0.15) is 5.60 Å². The van der Waals surface area contributed by atoms with Crippen LogP contribution in [-0.2, 0) is 9.53 Å². The molecular weight excluding hydrogens is 306 g/mol. The summed E-state index contributed by atoms with van der Waals surface area (Å²) >= 11 is 0. The molecule has 0 aromatic rings. The molecule has 0 spiro atoms. The lowest BCUT2D eigenvalue weighted by Gasteiger charge is -2.51. The molecule has 0 aromatic heterocycles. The summed E-state index contributed by atoms with van der Waals surface area (Å²) in [5.74, 6) is 0.276. The first-order valence-corrected chi connectivity index (χ1v) is 9.19. The van der Waals surface area contributed by atoms with Crippen LogP contribution in [0.3, 0.4) is 0 Å². The minimum absolute atomic E-state index is 0.0130. The fourth-order valence-electron chi connectivity index (χ4n) is 4.41. The van der Waals surface area contributed by atoms with E-state index >= 15 is 0 Å². The summed E-state index contributed by atoms with van der Waals surface area (Å²) in [4.78, 5) is 26.9. The van der Waals surface area contributed by atoms with Crippen molar-refractivity contribution >= 4 is 12.0 Å². The third kappa shape index (κ3) is 3.53. The van der Waals surface area contributed by atoms with Gasteiger partial charge in [-0.2, -0.15) is 0 Å². The van der Waals surface area contributed by atoms with Crippen molar-refractivity contribution in [3.63, 3.8) is 0 Å². The van der Waals surface area contributed by atoms with Gasteiger partial charge < -0.3 is 20.7 Å². The highest BCUT2D eigenvalue weighted by atomic mass is 16.6. The summed E-state index contributed by atoms with van der Waals surface area (Å²) in [7, 11) is 0. The van der Waals surface area contributed by atoms with Crippen molar-refractivity contribution in [2.24, 2.45) is 11.1 Å². The standard InChI is InChI=1S/C18H31N3O3/c1-16(2,3)24-15(23)20-13-4-11-21(12-13)14(22)17-5-8-18(19,9-6-17)10-7-17/h13H,4-12,19H2,1-3H3,(H,20,23)/t13-,17?,18?/m1/s1. The number of likely N-dealkylation sites (tertiary alicyclic amines) is 1. The molecule has 6 heteroatoms. The number of hydrogen-bond donors (Lipinski definition) is 2. The Kier molecular flexibility index (Phi) is 4.31. The van der Waals surface area contributed by atoms with Crippen LogP contribution in [0.5, 0.6) is 0 Å². The quantitative estimate of drug-likeness (QED) is 0.809. The average molecular weight is 337 g/mol. The van der Waals surface area contributed by atoms with Crippen molar-refractivity contribution in [2.75, 3.05) is 13.1 Å². The van der Waals surface area contributed by atoms with Gasteiger partial charge >= 0.3 is 6.09 Å². The highest BCUT2D eigenvalue weighted by Crippen LogP contribution is 2.52. The lowest BCUT2D eigenvalue weighted by atomic mass is 9.57. The van der Waals surface area contributed by atoms with Crippen molar-refractivity contribution in [1.29, 1.82) is 0 Å². The van der Waals surface area contributed by atoms with Crippen LogP contribution in [0.15, 0.2) is 0 Å². The van der Waals surface area contributed by atoms with Gasteiger partial charge in [0.05, 0.1) is 6.04 Å². The Labute approximate surface area is 144 Å². The molecule has 4 fully saturated rings. The van der Waals surface area contributed by atoms with Crippen molar-refractivity contribution in [1.82, 2.24) is 10.2 Å². The predicted molar refractivity (Wildman–Crippen MR) is 91.4 cm³/mol. The normalized spacial score (nSPS) is 35.8. The zero-order chi connectivity index (χ0) is 17.6. The molecule has 1 heterocycles. The summed E-state index contributed by atoms with van der Waals surface area (Å²) in [6, 6.07) is -0.0130. The van der Waals surface area contributed by atoms with Gasteiger partial charge in [-0.1, -0.05) is 0 Å². The van der Waals surface area contributed by atoms with Crippen LogP contribution < -0.4 is 11.1 Å². The van der Waals surface area contributed by atoms with Crippen LogP contribution in [-0.4, -0.2) is 47.2 Å². The average Bonchev–Trinajstić information content (AvgIpc) is 2.94. The number of nitrogens with one attached hydrogen (secondary N) is 1. The van der Waals surface area contributed by atoms with E-state index < -0.39 is 11.7 Å². The molecule has 1 atom stereocenters. The highest BCUT2D eigenvalue weighted by Gasteiger charge is 2.52. The van der Waals surface area contributed by atoms with Crippen molar-refractivity contribution in [2.45, 2.75) is 82.9 Å². The Balaban J connectivity index is 1.54. The van der Waals surface area contributed by atoms with Crippen molar-refractivity contribution < 1.29 is 14.3 Å². The molecule has 0 radical (unpaired) electrons. The number of nitrogens with zero attached hydrogens (tertiary/aromatic N) is 1. The largest absolute Gasteiger partial charge is 0.444 e. The minimum Gasteiger partial charge on any atom is -0.444 e. The molecule has 3 saturated carbocycles. The Bertz CT molecular complexity index is 502. The van der Waals surface area contributed by atoms with E-state index in [0.717, 1.165) is 51.5 Å². The molecule has 1 aliphatic heterocycles. The number of carbonyl (C=O) groups is 2. The zero-order valence-electron chi connectivity index (χ0n) is 15.2. The molecule has 3 N–H and O–H groups in total. The van der Waals surface area contributed by atoms with E-state index in [1.165, 1.54) is 0 Å². The molecule has 0 unspecified atom stereocenters. The maximum Gasteiger partial charge on any atom is 0.407 e. The first-order valence-electron chi connectivity index (χ1n) is 9.19. The lowest BCUT2D eigenvalue weighted by Crippen LogP contribution is -2.57. The van der Waals surface area contributed by atoms with E-state index in [1.807, 2.05) is 25.7 Å². The van der Waals surface area contributed by atoms with E-state index in [9.17, 15) is 9.59 Å². The van der Waals surface area contributed by atoms with Gasteiger partial charge in [-0.15, -0.1) is 0 Å². The molecular formula is C18H31N3O3. The second-order valence-electron chi connectivity index (χ2n) is 9.03. The van der Waals surface area contributed by atoms with E-state index in [-0.39, 0.29) is 22.9 Å². The van der Waals surface area contributed by atoms with Gasteiger partial charge in [0.2, 0.25) is 5.91 Å². The third-order valence-electron chi connectivity index (χ3n) is 5.95. The number of hydrogen-bond acceptors (Lipinski definition) is 4. The zero-order valence-corrected chi connectivity index (χ0v) is 15.2. The van der Waals surface area contributed by atoms with Crippen LogP contribution in [0.1, 0.15) is 65.7 Å². The minimum atomic E-state index is -0.504. The first-order chi connectivity index (χ1) is 11.1. The van der Waals surface area contributed by atoms with Gasteiger partial charge in [0.25, 0.3) is 0 Å². The maximum absolute atomic E-state index is 13.1. The van der Waals surface area contributed by atoms with Gasteiger partial charge in [0, 0.05) is 24.0 Å². The topological polar surface area (TPSA) is 84.7 Å². The molecule has 0 aromatic carbocycles. The summed E-state index contributed by atoms with van der Waals surface area (Å²) in [6.45, 7) is 6.85. The van der Waals surface area contributed by atoms with E-state index in [1.54, 1.807) is 0 Å². The molecule has 1 saturated heterocycles. The van der Waals surface area contributed by atoms with Gasteiger partial charge in [-0.3, -0.25) is 4.79 Å². The summed E-state index contributed by atoms with van der Waals surface area (Å²) in [5, 5.41) is 2.89. The van der Waals surface area contributed by atoms with Crippen LogP contribution in [0, 0.1) is 5.41 Å². The van der Waals surface area contributed by atoms with Crippen molar-refractivity contribution in [3.8, 4) is 0 Å². The van der Waals surface area contributed by atoms with E-state index in [0.29, 0.717) is 6.54 Å². The fourth-order valence-corrected chi connectivity index (χ4v) is 4.41. The number of nitrogens with two attached hydrogens (primary N) is 1. The van der Waals surface area contributed by atoms with Gasteiger partial charge in [-0.05, 0) is 65.7 Å². The summed E-state index contributed by atoms with van der Waals surface area (Å²) in [6.07, 6.45) is 6.05. The number of carbonyl (C=O) groups excluding carboxylic acids is 2. The molecule has 136 valence electrons. The third-order valence-corrected chi connectivity index (χ3v) is 5.95. The van der Waals surface area contributed by atoms with Crippen LogP contribution >= 0.6 is 0 Å². The Hall–Kier alpha value is -1.30. The van der Waals surface area contributed by atoms with E-state index in [4.69, 9.17) is 10.5 Å². The maximum atomic E-state index is 13.1. The number of ether oxygens (including phenoxy) is 1. The fraction of sp³-hybridized carbons (Fsp3) is 0.889. The second kappa shape index (κ2) is 5.90. The molecule has 24 heavy (non-hydrogen) atoms. The summed E-state index contributed by atoms with van der Waals surface area (Å²) in [5.41, 5.74) is 5.63. The van der Waals surface area contributed by atoms with Gasteiger partial charge in [-0.25, -0.2) is 4.79 Å². The number of rotatable bonds is 2. The molecule has 3 aliphatic carbocycles. The second-order valence-corrected chi connectivity index (χ2v) is 9.03. The molecule has 2 amide bonds. The Morgan fingerprint density at radius 1 is 1.12 bits per heavy atom. The predicted octanol–water partition coefficient (Wildman–Crippen LogP) is 2.16. The van der Waals surface area contributed by atoms with Crippen LogP contribution in [0.25, 0.3) is 0 Å². The first kappa shape index (κ1) is 17.5. The van der Waals surface area contributed by atoms with Gasteiger partial charge in [0.15, 0.2) is 0 Å². The monoisotopic (exact) mass is 337 g/mol. The lowest BCUT2D eigenvalue weighted by molar-refractivity contribution is -0.148. The molecule has 4 rings (SSSR count). The molecule has 2 bridgehead atoms. The number of amides is 2. The molecule has 6 nitrogen and oxygen atoms in total. The SMILES string of the molecule is CC(C)(C)OC(=O)N[C@@H]1CCN(C(=O)C23CCC(N)(CC2)CC3)C1. The highest BCUT2D eigenvalue weighted by molar-refractivity contribution is 5.83. The smallest absolute Gasteiger partial charge is 0.407 e. The summed E-state index contributed by atoms with van der Waals surface area (Å²) < 4.78 is 5.30. The Morgan fingerprint density at radius 3 is 2.25 bits per heavy atom. The molecule has 4 aliphatic rings. The van der Waals surface area contributed by atoms with Crippen molar-refractivity contribution in [3.05, 3.63) is 0 Å². The van der Waals surface area contributed by atoms with E-state index in [2.05, 4.69) is 5.32 Å². The van der Waals surface area contributed by atoms with Crippen LogP contribution in [0.4, 0.5) is 4.79 Å². The number of alkyl carbamates (subject to hydrolysis) is 1. The Morgan fingerprint density at radius 2 is 1.71 bits per heavy atom.